The van der Waals surface area contributed by atoms with Gasteiger partial charge in [0, 0.05) is 32.2 Å². The number of hydrogen-bond acceptors (Lipinski definition) is 4. The van der Waals surface area contributed by atoms with E-state index in [4.69, 9.17) is 9.47 Å². The highest BCUT2D eigenvalue weighted by atomic mass is 16.5. The number of carbonyl (C=O) groups is 2. The van der Waals surface area contributed by atoms with Gasteiger partial charge in [-0.05, 0) is 19.3 Å². The van der Waals surface area contributed by atoms with E-state index < -0.39 is 17.5 Å². The van der Waals surface area contributed by atoms with E-state index in [1.165, 1.54) is 0 Å². The summed E-state index contributed by atoms with van der Waals surface area (Å²) < 4.78 is 10.8. The maximum absolute atomic E-state index is 12.4. The average molecular weight is 298 g/mol. The van der Waals surface area contributed by atoms with Crippen LogP contribution in [0.3, 0.4) is 0 Å². The summed E-state index contributed by atoms with van der Waals surface area (Å²) in [6.45, 7) is 1.52. The fourth-order valence-electron chi connectivity index (χ4n) is 3.86. The minimum Gasteiger partial charge on any atom is -0.481 e. The van der Waals surface area contributed by atoms with Crippen LogP contribution in [-0.2, 0) is 14.3 Å². The number of urea groups is 1. The zero-order valence-electron chi connectivity index (χ0n) is 12.2. The lowest BCUT2D eigenvalue weighted by molar-refractivity contribution is -0.142. The molecule has 2 amide bonds. The second-order valence-electron chi connectivity index (χ2n) is 6.23. The quantitative estimate of drug-likeness (QED) is 0.786. The summed E-state index contributed by atoms with van der Waals surface area (Å²) in [5, 5.41) is 12.1. The molecular weight excluding hydrogens is 276 g/mol. The molecule has 3 rings (SSSR count). The smallest absolute Gasteiger partial charge is 0.318 e. The van der Waals surface area contributed by atoms with Crippen LogP contribution in [-0.4, -0.2) is 66.6 Å². The second-order valence-corrected chi connectivity index (χ2v) is 6.23. The van der Waals surface area contributed by atoms with Crippen LogP contribution in [0.5, 0.6) is 0 Å². The molecule has 3 aliphatic heterocycles. The van der Waals surface area contributed by atoms with Gasteiger partial charge in [0.15, 0.2) is 0 Å². The molecule has 4 atom stereocenters. The Morgan fingerprint density at radius 3 is 2.86 bits per heavy atom. The van der Waals surface area contributed by atoms with Gasteiger partial charge in [0.05, 0.1) is 19.1 Å². The number of fused-ring (bicyclic) bond motifs is 2. The fraction of sp³-hybridized carbons (Fsp3) is 0.857. The molecule has 0 saturated carbocycles. The monoisotopic (exact) mass is 298 g/mol. The van der Waals surface area contributed by atoms with Gasteiger partial charge in [0.25, 0.3) is 0 Å². The van der Waals surface area contributed by atoms with Crippen LogP contribution >= 0.6 is 0 Å². The number of hydrogen-bond donors (Lipinski definition) is 2. The van der Waals surface area contributed by atoms with Gasteiger partial charge in [0.2, 0.25) is 0 Å². The van der Waals surface area contributed by atoms with Crippen LogP contribution in [0.15, 0.2) is 0 Å². The van der Waals surface area contributed by atoms with Gasteiger partial charge in [-0.2, -0.15) is 0 Å². The molecular formula is C14H22N2O5. The molecule has 3 heterocycles. The first kappa shape index (κ1) is 14.6. The molecule has 0 aliphatic carbocycles. The maximum atomic E-state index is 12.4. The molecule has 7 heteroatoms. The lowest BCUT2D eigenvalue weighted by Gasteiger charge is -2.29. The van der Waals surface area contributed by atoms with Gasteiger partial charge in [-0.3, -0.25) is 4.79 Å². The molecule has 7 nitrogen and oxygen atoms in total. The average Bonchev–Trinajstić information content (AvgIpc) is 3.19. The van der Waals surface area contributed by atoms with E-state index in [1.807, 2.05) is 0 Å². The Hall–Kier alpha value is -1.34. The van der Waals surface area contributed by atoms with Crippen molar-refractivity contribution in [2.45, 2.75) is 43.4 Å². The Morgan fingerprint density at radius 1 is 1.48 bits per heavy atom. The van der Waals surface area contributed by atoms with Gasteiger partial charge >= 0.3 is 12.0 Å². The van der Waals surface area contributed by atoms with Crippen molar-refractivity contribution in [1.29, 1.82) is 0 Å². The summed E-state index contributed by atoms with van der Waals surface area (Å²) in [6, 6.07) is -0.269. The first-order valence-corrected chi connectivity index (χ1v) is 7.48. The predicted octanol–water partition coefficient (Wildman–Crippen LogP) is 0.439. The zero-order valence-corrected chi connectivity index (χ0v) is 12.2. The van der Waals surface area contributed by atoms with E-state index in [1.54, 1.807) is 12.0 Å². The van der Waals surface area contributed by atoms with Gasteiger partial charge in [-0.15, -0.1) is 0 Å². The van der Waals surface area contributed by atoms with E-state index in [9.17, 15) is 14.7 Å². The third-order valence-electron chi connectivity index (χ3n) is 5.15. The van der Waals surface area contributed by atoms with E-state index in [2.05, 4.69) is 5.32 Å². The summed E-state index contributed by atoms with van der Waals surface area (Å²) in [4.78, 5) is 25.4. The summed E-state index contributed by atoms with van der Waals surface area (Å²) in [7, 11) is 1.63. The van der Waals surface area contributed by atoms with Crippen molar-refractivity contribution in [1.82, 2.24) is 10.2 Å². The Bertz CT molecular complexity index is 435. The Morgan fingerprint density at radius 2 is 2.29 bits per heavy atom. The lowest BCUT2D eigenvalue weighted by atomic mass is 9.89. The number of ether oxygens (including phenoxy) is 2. The molecule has 2 N–H and O–H groups in total. The van der Waals surface area contributed by atoms with Crippen LogP contribution in [0.2, 0.25) is 0 Å². The molecule has 3 saturated heterocycles. The van der Waals surface area contributed by atoms with Gasteiger partial charge in [-0.25, -0.2) is 4.79 Å². The molecule has 0 aromatic heterocycles. The minimum absolute atomic E-state index is 0.0643. The number of carboxylic acids is 1. The first-order chi connectivity index (χ1) is 10.1. The van der Waals surface area contributed by atoms with Gasteiger partial charge in [-0.1, -0.05) is 0 Å². The number of amides is 2. The normalized spacial score (nSPS) is 38.0. The zero-order chi connectivity index (χ0) is 15.0. The van der Waals surface area contributed by atoms with Crippen molar-refractivity contribution in [3.63, 3.8) is 0 Å². The maximum Gasteiger partial charge on any atom is 0.318 e. The number of aliphatic carboxylic acids is 1. The van der Waals surface area contributed by atoms with Crippen molar-refractivity contribution < 1.29 is 24.2 Å². The largest absolute Gasteiger partial charge is 0.481 e. The molecule has 3 aliphatic rings. The molecule has 2 bridgehead atoms. The van der Waals surface area contributed by atoms with E-state index in [0.29, 0.717) is 26.2 Å². The Balaban J connectivity index is 1.60. The van der Waals surface area contributed by atoms with Crippen molar-refractivity contribution in [3.05, 3.63) is 0 Å². The van der Waals surface area contributed by atoms with Crippen LogP contribution in [0, 0.1) is 5.92 Å². The number of carbonyl (C=O) groups excluding carboxylic acids is 1. The van der Waals surface area contributed by atoms with Crippen molar-refractivity contribution in [2.75, 3.05) is 26.9 Å². The summed E-state index contributed by atoms with van der Waals surface area (Å²) in [5.41, 5.74) is -0.444. The van der Waals surface area contributed by atoms with Gasteiger partial charge < -0.3 is 24.8 Å². The topological polar surface area (TPSA) is 88.1 Å². The Labute approximate surface area is 123 Å². The van der Waals surface area contributed by atoms with E-state index in [-0.39, 0.29) is 18.1 Å². The number of rotatable bonds is 4. The van der Waals surface area contributed by atoms with Crippen LogP contribution in [0.1, 0.15) is 25.7 Å². The predicted molar refractivity (Wildman–Crippen MR) is 73.0 cm³/mol. The molecule has 0 radical (unpaired) electrons. The number of nitrogens with zero attached hydrogens (tertiary/aromatic N) is 1. The number of carboxylic acid groups (broad SMARTS) is 1. The summed E-state index contributed by atoms with van der Waals surface area (Å²) in [5.74, 6) is -1.21. The first-order valence-electron chi connectivity index (χ1n) is 7.48. The van der Waals surface area contributed by atoms with E-state index in [0.717, 1.165) is 19.3 Å². The highest BCUT2D eigenvalue weighted by Gasteiger charge is 2.51. The molecule has 118 valence electrons. The number of nitrogens with one attached hydrogen (secondary N) is 1. The lowest BCUT2D eigenvalue weighted by Crippen LogP contribution is -2.50. The molecule has 0 spiro atoms. The third kappa shape index (κ3) is 2.48. The summed E-state index contributed by atoms with van der Waals surface area (Å²) in [6.07, 6.45) is 3.02. The van der Waals surface area contributed by atoms with Crippen molar-refractivity contribution >= 4 is 12.0 Å². The van der Waals surface area contributed by atoms with Crippen molar-refractivity contribution in [2.24, 2.45) is 5.92 Å². The van der Waals surface area contributed by atoms with Crippen LogP contribution < -0.4 is 5.32 Å². The van der Waals surface area contributed by atoms with Crippen molar-refractivity contribution in [3.8, 4) is 0 Å². The summed E-state index contributed by atoms with van der Waals surface area (Å²) >= 11 is 0. The van der Waals surface area contributed by atoms with E-state index >= 15 is 0 Å². The third-order valence-corrected chi connectivity index (χ3v) is 5.15. The Kier molecular flexibility index (Phi) is 3.79. The van der Waals surface area contributed by atoms with Crippen LogP contribution in [0.4, 0.5) is 4.79 Å². The number of methoxy groups -OCH3 is 1. The molecule has 0 aromatic rings. The standard InChI is InChI=1S/C14H22N2O5/c1-20-14(4-5-21-8-14)7-15-13(19)16-9-2-3-11(16)10(6-9)12(17)18/h9-11H,2-8H2,1H3,(H,15,19)(H,17,18). The molecule has 0 aromatic carbocycles. The highest BCUT2D eigenvalue weighted by Crippen LogP contribution is 2.41. The SMILES string of the molecule is COC1(CNC(=O)N2C3CCC2C(C(=O)O)C3)CCOC1. The van der Waals surface area contributed by atoms with Gasteiger partial charge in [0.1, 0.15) is 5.60 Å². The molecule has 4 unspecified atom stereocenters. The molecule has 21 heavy (non-hydrogen) atoms. The highest BCUT2D eigenvalue weighted by molar-refractivity contribution is 5.79. The molecule has 3 fully saturated rings. The fourth-order valence-corrected chi connectivity index (χ4v) is 3.86. The van der Waals surface area contributed by atoms with Crippen LogP contribution in [0.25, 0.3) is 0 Å². The minimum atomic E-state index is -0.794. The second kappa shape index (κ2) is 5.46.